The van der Waals surface area contributed by atoms with Gasteiger partial charge >= 0.3 is 6.18 Å². The maximum absolute atomic E-state index is 12.3. The first kappa shape index (κ1) is 20.2. The molecule has 152 valence electrons. The molecule has 4 rings (SSSR count). The summed E-state index contributed by atoms with van der Waals surface area (Å²) in [6.45, 7) is 1.04. The van der Waals surface area contributed by atoms with Crippen molar-refractivity contribution in [2.75, 3.05) is 11.9 Å². The van der Waals surface area contributed by atoms with Crippen LogP contribution in [0.5, 0.6) is 0 Å². The zero-order valence-corrected chi connectivity index (χ0v) is 17.0. The SMILES string of the molecule is Cc1ccc2nc(-c3ccc(/C=C/c4ccc(NCC(F)(F)F)cc4)cc3)sc2c1. The first-order valence-corrected chi connectivity index (χ1v) is 10.2. The number of rotatable bonds is 5. The highest BCUT2D eigenvalue weighted by molar-refractivity contribution is 7.21. The van der Waals surface area contributed by atoms with Gasteiger partial charge < -0.3 is 5.32 Å². The summed E-state index contributed by atoms with van der Waals surface area (Å²) in [7, 11) is 0. The Labute approximate surface area is 176 Å². The normalized spacial score (nSPS) is 12.0. The van der Waals surface area contributed by atoms with Gasteiger partial charge in [0.1, 0.15) is 11.6 Å². The summed E-state index contributed by atoms with van der Waals surface area (Å²) in [6, 6.07) is 21.3. The van der Waals surface area contributed by atoms with Crippen LogP contribution >= 0.6 is 11.3 Å². The van der Waals surface area contributed by atoms with Gasteiger partial charge in [0.05, 0.1) is 10.2 Å². The average Bonchev–Trinajstić information content (AvgIpc) is 3.14. The first-order valence-electron chi connectivity index (χ1n) is 9.42. The largest absolute Gasteiger partial charge is 0.405 e. The molecule has 0 amide bonds. The molecular weight excluding hydrogens is 405 g/mol. The Morgan fingerprint density at radius 3 is 2.17 bits per heavy atom. The van der Waals surface area contributed by atoms with Gasteiger partial charge in [0.2, 0.25) is 0 Å². The molecule has 3 aromatic carbocycles. The second kappa shape index (κ2) is 8.32. The zero-order valence-electron chi connectivity index (χ0n) is 16.2. The van der Waals surface area contributed by atoms with Gasteiger partial charge in [-0.05, 0) is 47.9 Å². The van der Waals surface area contributed by atoms with Gasteiger partial charge in [-0.1, -0.05) is 54.6 Å². The summed E-state index contributed by atoms with van der Waals surface area (Å²) >= 11 is 1.68. The van der Waals surface area contributed by atoms with Gasteiger partial charge in [0.15, 0.2) is 0 Å². The lowest BCUT2D eigenvalue weighted by Gasteiger charge is -2.09. The van der Waals surface area contributed by atoms with Crippen LogP contribution in [0.25, 0.3) is 32.9 Å². The van der Waals surface area contributed by atoms with Gasteiger partial charge in [-0.2, -0.15) is 13.2 Å². The highest BCUT2D eigenvalue weighted by Gasteiger charge is 2.26. The molecule has 0 aliphatic rings. The number of alkyl halides is 3. The fourth-order valence-electron chi connectivity index (χ4n) is 3.00. The molecule has 30 heavy (non-hydrogen) atoms. The Bertz CT molecular complexity index is 1170. The van der Waals surface area contributed by atoms with Crippen molar-refractivity contribution in [1.29, 1.82) is 0 Å². The van der Waals surface area contributed by atoms with E-state index in [-0.39, 0.29) is 0 Å². The topological polar surface area (TPSA) is 24.9 Å². The molecule has 6 heteroatoms. The van der Waals surface area contributed by atoms with Crippen LogP contribution in [0.3, 0.4) is 0 Å². The molecule has 2 nitrogen and oxygen atoms in total. The first-order chi connectivity index (χ1) is 14.4. The van der Waals surface area contributed by atoms with Crippen molar-refractivity contribution in [2.45, 2.75) is 13.1 Å². The van der Waals surface area contributed by atoms with Gasteiger partial charge in [-0.15, -0.1) is 11.3 Å². The van der Waals surface area contributed by atoms with Gasteiger partial charge in [-0.3, -0.25) is 0 Å². The fraction of sp³-hybridized carbons (Fsp3) is 0.125. The number of anilines is 1. The standard InChI is InChI=1S/C24H19F3N2S/c1-16-2-13-21-22(14-16)30-23(29-21)19-9-5-17(6-10-19)3-4-18-7-11-20(12-8-18)28-15-24(25,26)27/h2-14,28H,15H2,1H3/b4-3+. The predicted octanol–water partition coefficient (Wildman–Crippen LogP) is 7.42. The number of hydrogen-bond donors (Lipinski definition) is 1. The number of nitrogens with zero attached hydrogens (tertiary/aromatic N) is 1. The fourth-order valence-corrected chi connectivity index (χ4v) is 4.07. The van der Waals surface area contributed by atoms with Crippen LogP contribution in [0.4, 0.5) is 18.9 Å². The minimum absolute atomic E-state index is 0.444. The van der Waals surface area contributed by atoms with E-state index in [0.717, 1.165) is 27.2 Å². The van der Waals surface area contributed by atoms with E-state index in [1.165, 1.54) is 10.3 Å². The van der Waals surface area contributed by atoms with E-state index in [1.807, 2.05) is 42.5 Å². The third kappa shape index (κ3) is 5.07. The molecule has 4 aromatic rings. The molecule has 0 unspecified atom stereocenters. The molecule has 0 atom stereocenters. The third-order valence-corrected chi connectivity index (χ3v) is 5.64. The van der Waals surface area contributed by atoms with Gasteiger partial charge in [0, 0.05) is 11.3 Å². The number of halogens is 3. The van der Waals surface area contributed by atoms with Crippen LogP contribution in [0.2, 0.25) is 0 Å². The summed E-state index contributed by atoms with van der Waals surface area (Å²) < 4.78 is 38.0. The molecule has 0 aliphatic carbocycles. The Morgan fingerprint density at radius 2 is 1.53 bits per heavy atom. The van der Waals surface area contributed by atoms with Crippen molar-refractivity contribution in [1.82, 2.24) is 4.98 Å². The molecule has 0 saturated heterocycles. The Morgan fingerprint density at radius 1 is 0.900 bits per heavy atom. The number of thiazole rings is 1. The van der Waals surface area contributed by atoms with Crippen LogP contribution < -0.4 is 5.32 Å². The molecule has 0 saturated carbocycles. The molecule has 0 spiro atoms. The summed E-state index contributed by atoms with van der Waals surface area (Å²) in [5.74, 6) is 0. The van der Waals surface area contributed by atoms with E-state index in [9.17, 15) is 13.2 Å². The van der Waals surface area contributed by atoms with Crippen molar-refractivity contribution in [3.63, 3.8) is 0 Å². The van der Waals surface area contributed by atoms with Crippen molar-refractivity contribution < 1.29 is 13.2 Å². The smallest absolute Gasteiger partial charge is 0.376 e. The lowest BCUT2D eigenvalue weighted by molar-refractivity contribution is -0.115. The summed E-state index contributed by atoms with van der Waals surface area (Å²) in [4.78, 5) is 4.71. The van der Waals surface area contributed by atoms with E-state index < -0.39 is 12.7 Å². The molecule has 1 aromatic heterocycles. The predicted molar refractivity (Wildman–Crippen MR) is 120 cm³/mol. The van der Waals surface area contributed by atoms with Crippen LogP contribution in [0, 0.1) is 6.92 Å². The van der Waals surface area contributed by atoms with E-state index in [1.54, 1.807) is 35.6 Å². The number of nitrogens with one attached hydrogen (secondary N) is 1. The number of aryl methyl sites for hydroxylation is 1. The second-order valence-electron chi connectivity index (χ2n) is 7.04. The maximum atomic E-state index is 12.3. The van der Waals surface area contributed by atoms with Crippen LogP contribution in [-0.2, 0) is 0 Å². The van der Waals surface area contributed by atoms with E-state index in [0.29, 0.717) is 5.69 Å². The van der Waals surface area contributed by atoms with E-state index in [4.69, 9.17) is 4.98 Å². The monoisotopic (exact) mass is 424 g/mol. The average molecular weight is 424 g/mol. The summed E-state index contributed by atoms with van der Waals surface area (Å²) in [5, 5.41) is 3.36. The summed E-state index contributed by atoms with van der Waals surface area (Å²) in [5.41, 5.74) is 5.71. The van der Waals surface area contributed by atoms with Gasteiger partial charge in [0.25, 0.3) is 0 Å². The lowest BCUT2D eigenvalue weighted by Crippen LogP contribution is -2.21. The van der Waals surface area contributed by atoms with Crippen molar-refractivity contribution in [3.05, 3.63) is 83.4 Å². The number of hydrogen-bond acceptors (Lipinski definition) is 3. The third-order valence-electron chi connectivity index (χ3n) is 4.57. The van der Waals surface area contributed by atoms with Crippen molar-refractivity contribution in [2.24, 2.45) is 0 Å². The molecule has 1 heterocycles. The minimum atomic E-state index is -4.23. The molecule has 0 fully saturated rings. The van der Waals surface area contributed by atoms with Crippen LogP contribution in [-0.4, -0.2) is 17.7 Å². The molecule has 0 radical (unpaired) electrons. The van der Waals surface area contributed by atoms with E-state index >= 15 is 0 Å². The second-order valence-corrected chi connectivity index (χ2v) is 8.07. The van der Waals surface area contributed by atoms with Crippen molar-refractivity contribution >= 4 is 39.4 Å². The Balaban J connectivity index is 1.43. The maximum Gasteiger partial charge on any atom is 0.405 e. The number of benzene rings is 3. The van der Waals surface area contributed by atoms with Crippen molar-refractivity contribution in [3.8, 4) is 10.6 Å². The molecule has 1 N–H and O–H groups in total. The molecular formula is C24H19F3N2S. The summed E-state index contributed by atoms with van der Waals surface area (Å²) in [6.07, 6.45) is -0.318. The number of aromatic nitrogens is 1. The van der Waals surface area contributed by atoms with Crippen LogP contribution in [0.1, 0.15) is 16.7 Å². The lowest BCUT2D eigenvalue weighted by atomic mass is 10.1. The number of fused-ring (bicyclic) bond motifs is 1. The highest BCUT2D eigenvalue weighted by atomic mass is 32.1. The quantitative estimate of drug-likeness (QED) is 0.337. The minimum Gasteiger partial charge on any atom is -0.376 e. The van der Waals surface area contributed by atoms with Crippen LogP contribution in [0.15, 0.2) is 66.7 Å². The Kier molecular flexibility index (Phi) is 5.59. The zero-order chi connectivity index (χ0) is 21.1. The highest BCUT2D eigenvalue weighted by Crippen LogP contribution is 2.31. The van der Waals surface area contributed by atoms with Gasteiger partial charge in [-0.25, -0.2) is 4.98 Å². The van der Waals surface area contributed by atoms with E-state index in [2.05, 4.69) is 24.4 Å². The molecule has 0 aliphatic heterocycles. The molecule has 0 bridgehead atoms. The Hall–Kier alpha value is -3.12.